The highest BCUT2D eigenvalue weighted by Gasteiger charge is 2.37. The molecule has 258 valence electrons. The second-order valence-electron chi connectivity index (χ2n) is 11.7. The molecule has 2 amide bonds. The average Bonchev–Trinajstić information content (AvgIpc) is 3.65. The fourth-order valence-electron chi connectivity index (χ4n) is 4.54. The predicted octanol–water partition coefficient (Wildman–Crippen LogP) is 7.06. The number of halogens is 6. The van der Waals surface area contributed by atoms with E-state index in [-0.39, 0.29) is 41.8 Å². The summed E-state index contributed by atoms with van der Waals surface area (Å²) >= 11 is 0. The van der Waals surface area contributed by atoms with Crippen molar-refractivity contribution in [2.75, 3.05) is 13.1 Å². The van der Waals surface area contributed by atoms with E-state index in [1.54, 1.807) is 56.9 Å². The van der Waals surface area contributed by atoms with E-state index in [0.717, 1.165) is 0 Å². The molecule has 2 aromatic carbocycles. The fourth-order valence-corrected chi connectivity index (χ4v) is 4.54. The smallest absolute Gasteiger partial charge is 0.437 e. The van der Waals surface area contributed by atoms with Gasteiger partial charge in [0.15, 0.2) is 0 Å². The van der Waals surface area contributed by atoms with E-state index < -0.39 is 47.9 Å². The summed E-state index contributed by atoms with van der Waals surface area (Å²) < 4.78 is 89.3. The molecule has 1 atom stereocenters. The third-order valence-corrected chi connectivity index (χ3v) is 6.73. The summed E-state index contributed by atoms with van der Waals surface area (Å²) in [5, 5.41) is 19.2. The zero-order chi connectivity index (χ0) is 35.4. The highest BCUT2D eigenvalue weighted by molar-refractivity contribution is 5.99. The number of alkyl halides is 6. The minimum absolute atomic E-state index is 0.0360. The number of carbonyl (C=O) groups is 2. The van der Waals surface area contributed by atoms with Gasteiger partial charge in [-0.15, -0.1) is 4.99 Å². The zero-order valence-electron chi connectivity index (χ0n) is 25.9. The molecular weight excluding hydrogens is 654 g/mol. The van der Waals surface area contributed by atoms with Gasteiger partial charge in [0, 0.05) is 18.7 Å². The number of hydrogen-bond donors (Lipinski definition) is 2. The highest BCUT2D eigenvalue weighted by Crippen LogP contribution is 2.36. The SMILES string of the molecule is CC(=NOCc1cc(C(F)(F)F)cc(C(F)(F)F)c1)c1ccc(-c2noc([C@@H]3CCN(C(=NC(=O)OC(C)(C)C)NC(=O)O)C3)n2)cc1. The monoisotopic (exact) mass is 684 g/mol. The number of guanidine groups is 1. The van der Waals surface area contributed by atoms with Crippen LogP contribution in [0.5, 0.6) is 0 Å². The summed E-state index contributed by atoms with van der Waals surface area (Å²) in [5.74, 6) is 0.0205. The van der Waals surface area contributed by atoms with Crippen LogP contribution < -0.4 is 5.32 Å². The molecule has 3 aromatic rings. The maximum absolute atomic E-state index is 13.1. The van der Waals surface area contributed by atoms with Crippen LogP contribution in [0.4, 0.5) is 35.9 Å². The zero-order valence-corrected chi connectivity index (χ0v) is 25.9. The number of ether oxygens (including phenoxy) is 1. The molecule has 4 rings (SSSR count). The van der Waals surface area contributed by atoms with Crippen molar-refractivity contribution < 1.29 is 55.1 Å². The Morgan fingerprint density at radius 1 is 1.04 bits per heavy atom. The van der Waals surface area contributed by atoms with Crippen molar-refractivity contribution >= 4 is 23.9 Å². The lowest BCUT2D eigenvalue weighted by Crippen LogP contribution is -2.43. The lowest BCUT2D eigenvalue weighted by Gasteiger charge is -2.21. The van der Waals surface area contributed by atoms with E-state index >= 15 is 0 Å². The van der Waals surface area contributed by atoms with E-state index in [9.17, 15) is 41.0 Å². The molecule has 1 saturated heterocycles. The predicted molar refractivity (Wildman–Crippen MR) is 157 cm³/mol. The molecule has 0 spiro atoms. The number of hydrogen-bond acceptors (Lipinski definition) is 8. The summed E-state index contributed by atoms with van der Waals surface area (Å²) in [5.41, 5.74) is -2.70. The topological polar surface area (TPSA) is 152 Å². The Kier molecular flexibility index (Phi) is 10.3. The molecule has 48 heavy (non-hydrogen) atoms. The first kappa shape index (κ1) is 35.7. The second kappa shape index (κ2) is 13.9. The van der Waals surface area contributed by atoms with Crippen LogP contribution in [0.2, 0.25) is 0 Å². The Balaban J connectivity index is 1.40. The van der Waals surface area contributed by atoms with Crippen LogP contribution in [0.3, 0.4) is 0 Å². The maximum Gasteiger partial charge on any atom is 0.437 e. The number of benzene rings is 2. The number of oxime groups is 1. The van der Waals surface area contributed by atoms with Gasteiger partial charge < -0.3 is 24.1 Å². The van der Waals surface area contributed by atoms with Crippen LogP contribution in [0.15, 0.2) is 57.1 Å². The molecule has 2 N–H and O–H groups in total. The van der Waals surface area contributed by atoms with Crippen LogP contribution in [-0.2, 0) is 28.5 Å². The normalized spacial score (nSPS) is 16.2. The molecule has 1 aliphatic rings. The van der Waals surface area contributed by atoms with Crippen LogP contribution in [0, 0.1) is 0 Å². The van der Waals surface area contributed by atoms with Gasteiger partial charge >= 0.3 is 24.5 Å². The van der Waals surface area contributed by atoms with Gasteiger partial charge in [0.2, 0.25) is 17.7 Å². The third kappa shape index (κ3) is 9.68. The van der Waals surface area contributed by atoms with Gasteiger partial charge in [0.1, 0.15) is 12.2 Å². The van der Waals surface area contributed by atoms with Crippen LogP contribution >= 0.6 is 0 Å². The second-order valence-corrected chi connectivity index (χ2v) is 11.7. The van der Waals surface area contributed by atoms with E-state index in [4.69, 9.17) is 14.1 Å². The fraction of sp³-hybridized carbons (Fsp3) is 0.400. The molecule has 18 heteroatoms. The van der Waals surface area contributed by atoms with Gasteiger partial charge in [-0.2, -0.15) is 31.3 Å². The molecule has 1 aliphatic heterocycles. The first-order chi connectivity index (χ1) is 22.3. The number of aliphatic imine (C=N–C) groups is 1. The number of nitrogens with one attached hydrogen (secondary N) is 1. The first-order valence-electron chi connectivity index (χ1n) is 14.2. The first-order valence-corrected chi connectivity index (χ1v) is 14.2. The Hall–Kier alpha value is -5.16. The molecular formula is C30H30F6N6O6. The maximum atomic E-state index is 13.1. The number of carbonyl (C=O) groups excluding carboxylic acids is 1. The number of amides is 2. The summed E-state index contributed by atoms with van der Waals surface area (Å²) in [4.78, 5) is 38.3. The number of aromatic nitrogens is 2. The van der Waals surface area contributed by atoms with Crippen molar-refractivity contribution in [3.63, 3.8) is 0 Å². The van der Waals surface area contributed by atoms with Gasteiger partial charge in [-0.1, -0.05) is 34.6 Å². The number of likely N-dealkylation sites (tertiary alicyclic amines) is 1. The van der Waals surface area contributed by atoms with Gasteiger partial charge in [-0.05, 0) is 63.4 Å². The van der Waals surface area contributed by atoms with E-state index in [1.165, 1.54) is 0 Å². The lowest BCUT2D eigenvalue weighted by atomic mass is 10.1. The third-order valence-electron chi connectivity index (χ3n) is 6.73. The van der Waals surface area contributed by atoms with Crippen molar-refractivity contribution in [3.05, 3.63) is 70.6 Å². The van der Waals surface area contributed by atoms with E-state index in [0.29, 0.717) is 41.9 Å². The Morgan fingerprint density at radius 3 is 2.23 bits per heavy atom. The molecule has 0 bridgehead atoms. The molecule has 0 unspecified atom stereocenters. The van der Waals surface area contributed by atoms with Crippen molar-refractivity contribution in [1.29, 1.82) is 0 Å². The van der Waals surface area contributed by atoms with E-state index in [1.807, 2.05) is 0 Å². The largest absolute Gasteiger partial charge is 0.465 e. The van der Waals surface area contributed by atoms with Crippen molar-refractivity contribution in [2.45, 2.75) is 64.6 Å². The Morgan fingerprint density at radius 2 is 1.67 bits per heavy atom. The van der Waals surface area contributed by atoms with Crippen LogP contribution in [0.25, 0.3) is 11.4 Å². The van der Waals surface area contributed by atoms with Crippen LogP contribution in [0.1, 0.15) is 68.2 Å². The molecule has 1 aromatic heterocycles. The summed E-state index contributed by atoms with van der Waals surface area (Å²) in [6.45, 7) is 6.40. The molecule has 0 radical (unpaired) electrons. The van der Waals surface area contributed by atoms with Crippen molar-refractivity contribution in [1.82, 2.24) is 20.4 Å². The van der Waals surface area contributed by atoms with E-state index in [2.05, 4.69) is 25.6 Å². The summed E-state index contributed by atoms with van der Waals surface area (Å²) in [6, 6.07) is 7.74. The Bertz CT molecular complexity index is 1660. The lowest BCUT2D eigenvalue weighted by molar-refractivity contribution is -0.143. The van der Waals surface area contributed by atoms with Gasteiger partial charge in [0.25, 0.3) is 0 Å². The highest BCUT2D eigenvalue weighted by atomic mass is 19.4. The molecule has 0 aliphatic carbocycles. The van der Waals surface area contributed by atoms with Gasteiger partial charge in [-0.25, -0.2) is 9.59 Å². The van der Waals surface area contributed by atoms with Gasteiger partial charge in [-0.3, -0.25) is 5.32 Å². The minimum atomic E-state index is -4.98. The minimum Gasteiger partial charge on any atom is -0.465 e. The summed E-state index contributed by atoms with van der Waals surface area (Å²) in [6.07, 6.45) is -11.8. The van der Waals surface area contributed by atoms with Crippen molar-refractivity contribution in [2.24, 2.45) is 10.1 Å². The average molecular weight is 685 g/mol. The quantitative estimate of drug-likeness (QED) is 0.120. The van der Waals surface area contributed by atoms with Crippen LogP contribution in [-0.4, -0.2) is 62.7 Å². The molecule has 0 saturated carbocycles. The van der Waals surface area contributed by atoms with Gasteiger partial charge in [0.05, 0.1) is 22.8 Å². The van der Waals surface area contributed by atoms with Crippen molar-refractivity contribution in [3.8, 4) is 11.4 Å². The number of nitrogens with zero attached hydrogens (tertiary/aromatic N) is 5. The Labute approximate surface area is 269 Å². The molecule has 2 heterocycles. The molecule has 12 nitrogen and oxygen atoms in total. The summed E-state index contributed by atoms with van der Waals surface area (Å²) in [7, 11) is 0. The molecule has 1 fully saturated rings. The number of carboxylic acid groups (broad SMARTS) is 1. The number of rotatable bonds is 6. The standard InChI is InChI=1S/C30H30F6N6O6/c1-16(40-46-15-17-11-21(29(31,32)33)13-22(12-17)30(34,35)36)18-5-7-19(8-6-18)23-37-24(48-41-23)20-9-10-42(14-20)25(38-26(43)44)39-27(45)47-28(2,3)4/h5-8,11-13,20H,9-10,14-15H2,1-4H3,(H,43,44)(H,38,39,45)/t20-/m1/s1.